The Morgan fingerprint density at radius 1 is 1.30 bits per heavy atom. The van der Waals surface area contributed by atoms with E-state index in [0.717, 1.165) is 56.0 Å². The van der Waals surface area contributed by atoms with Gasteiger partial charge in [0.05, 0.1) is 18.2 Å². The molecule has 3 N–H and O–H groups in total. The lowest BCUT2D eigenvalue weighted by Crippen LogP contribution is -2.47. The van der Waals surface area contributed by atoms with Crippen molar-refractivity contribution in [2.24, 2.45) is 4.99 Å². The number of hydrogen-bond donors (Lipinski definition) is 3. The van der Waals surface area contributed by atoms with E-state index in [0.29, 0.717) is 24.8 Å². The van der Waals surface area contributed by atoms with Crippen LogP contribution in [0.2, 0.25) is 0 Å². The van der Waals surface area contributed by atoms with Crippen LogP contribution >= 0.6 is 0 Å². The molecule has 3 saturated heterocycles. The number of likely N-dealkylation sites (tertiary alicyclic amines) is 1. The van der Waals surface area contributed by atoms with E-state index in [9.17, 15) is 4.79 Å². The number of carbonyl (C=O) groups excluding carboxylic acids is 1. The van der Waals surface area contributed by atoms with E-state index >= 15 is 0 Å². The minimum Gasteiger partial charge on any atom is -0.373 e. The number of ether oxygens (including phenoxy) is 1. The maximum Gasteiger partial charge on any atom is 0.321 e. The van der Waals surface area contributed by atoms with E-state index in [-0.39, 0.29) is 6.03 Å². The zero-order chi connectivity index (χ0) is 18.6. The number of urea groups is 1. The summed E-state index contributed by atoms with van der Waals surface area (Å²) in [5.74, 6) is 0.794. The lowest BCUT2D eigenvalue weighted by atomic mass is 9.96. The Bertz CT molecular complexity index is 701. The molecule has 3 aliphatic heterocycles. The molecule has 0 saturated carbocycles. The van der Waals surface area contributed by atoms with Crippen molar-refractivity contribution in [2.45, 2.75) is 56.9 Å². The maximum absolute atomic E-state index is 12.3. The van der Waals surface area contributed by atoms with Crippen molar-refractivity contribution in [3.05, 3.63) is 29.8 Å². The molecule has 1 aromatic rings. The average molecular weight is 371 g/mol. The number of benzene rings is 1. The lowest BCUT2D eigenvalue weighted by Gasteiger charge is -2.22. The number of anilines is 1. The molecule has 0 aliphatic carbocycles. The summed E-state index contributed by atoms with van der Waals surface area (Å²) in [6.07, 6.45) is 6.31. The monoisotopic (exact) mass is 371 g/mol. The highest BCUT2D eigenvalue weighted by Gasteiger charge is 2.41. The molecule has 4 rings (SSSR count). The first kappa shape index (κ1) is 18.1. The van der Waals surface area contributed by atoms with Gasteiger partial charge in [0.1, 0.15) is 0 Å². The van der Waals surface area contributed by atoms with Crippen LogP contribution in [-0.2, 0) is 11.3 Å². The predicted octanol–water partition coefficient (Wildman–Crippen LogP) is 2.30. The molecule has 7 nitrogen and oxygen atoms in total. The number of amides is 2. The van der Waals surface area contributed by atoms with Crippen molar-refractivity contribution in [3.63, 3.8) is 0 Å². The lowest BCUT2D eigenvalue weighted by molar-refractivity contribution is 0.0992. The van der Waals surface area contributed by atoms with Crippen LogP contribution in [0.4, 0.5) is 10.5 Å². The van der Waals surface area contributed by atoms with Gasteiger partial charge in [0, 0.05) is 32.4 Å². The standard InChI is InChI=1S/C20H29N5O2/c1-21-19(24-17-12-16-7-8-18(17)27-16)22-13-14-5-4-6-15(11-14)23-20(26)25-9-2-3-10-25/h4-6,11,16-18H,2-3,7-10,12-13H2,1H3,(H,23,26)(H2,21,22,24). The molecule has 7 heteroatoms. The highest BCUT2D eigenvalue weighted by atomic mass is 16.5. The number of guanidine groups is 1. The van der Waals surface area contributed by atoms with E-state index in [1.54, 1.807) is 7.05 Å². The summed E-state index contributed by atoms with van der Waals surface area (Å²) in [6.45, 7) is 2.35. The molecule has 3 heterocycles. The topological polar surface area (TPSA) is 78.0 Å². The molecule has 3 atom stereocenters. The molecule has 2 bridgehead atoms. The van der Waals surface area contributed by atoms with Gasteiger partial charge in [-0.15, -0.1) is 0 Å². The van der Waals surface area contributed by atoms with Crippen LogP contribution in [0, 0.1) is 0 Å². The van der Waals surface area contributed by atoms with Crippen molar-refractivity contribution in [3.8, 4) is 0 Å². The van der Waals surface area contributed by atoms with E-state index in [4.69, 9.17) is 4.74 Å². The molecular formula is C20H29N5O2. The summed E-state index contributed by atoms with van der Waals surface area (Å²) < 4.78 is 5.90. The maximum atomic E-state index is 12.3. The van der Waals surface area contributed by atoms with Crippen molar-refractivity contribution in [1.29, 1.82) is 0 Å². The SMILES string of the molecule is CN=C(NCc1cccc(NC(=O)N2CCCC2)c1)NC1CC2CCC1O2. The van der Waals surface area contributed by atoms with Crippen LogP contribution in [0.3, 0.4) is 0 Å². The summed E-state index contributed by atoms with van der Waals surface area (Å²) in [4.78, 5) is 18.5. The van der Waals surface area contributed by atoms with E-state index < -0.39 is 0 Å². The zero-order valence-electron chi connectivity index (χ0n) is 15.9. The van der Waals surface area contributed by atoms with Gasteiger partial charge < -0.3 is 25.6 Å². The molecule has 0 radical (unpaired) electrons. The van der Waals surface area contributed by atoms with Gasteiger partial charge in [-0.3, -0.25) is 4.99 Å². The van der Waals surface area contributed by atoms with Crippen LogP contribution in [0.1, 0.15) is 37.7 Å². The van der Waals surface area contributed by atoms with E-state index in [2.05, 4.69) is 20.9 Å². The summed E-state index contributed by atoms with van der Waals surface area (Å²) in [7, 11) is 1.79. The van der Waals surface area contributed by atoms with Gasteiger partial charge in [-0.05, 0) is 49.8 Å². The van der Waals surface area contributed by atoms with Gasteiger partial charge >= 0.3 is 6.03 Å². The fourth-order valence-electron chi connectivity index (χ4n) is 4.23. The van der Waals surface area contributed by atoms with Crippen molar-refractivity contribution < 1.29 is 9.53 Å². The average Bonchev–Trinajstić information content (AvgIpc) is 3.43. The Morgan fingerprint density at radius 3 is 2.85 bits per heavy atom. The van der Waals surface area contributed by atoms with Crippen LogP contribution in [0.15, 0.2) is 29.3 Å². The second-order valence-corrected chi connectivity index (χ2v) is 7.61. The number of nitrogens with zero attached hydrogens (tertiary/aromatic N) is 2. The fraction of sp³-hybridized carbons (Fsp3) is 0.600. The summed E-state index contributed by atoms with van der Waals surface area (Å²) in [6, 6.07) is 8.29. The normalized spacial score (nSPS) is 27.1. The predicted molar refractivity (Wildman–Crippen MR) is 106 cm³/mol. The van der Waals surface area contributed by atoms with Gasteiger partial charge in [-0.25, -0.2) is 4.79 Å². The minimum absolute atomic E-state index is 0.00799. The van der Waals surface area contributed by atoms with Gasteiger partial charge in [-0.1, -0.05) is 12.1 Å². The molecule has 3 fully saturated rings. The van der Waals surface area contributed by atoms with Crippen molar-refractivity contribution in [2.75, 3.05) is 25.5 Å². The number of carbonyl (C=O) groups is 1. The Kier molecular flexibility index (Phi) is 5.48. The van der Waals surface area contributed by atoms with Crippen LogP contribution in [-0.4, -0.2) is 55.3 Å². The number of nitrogens with one attached hydrogen (secondary N) is 3. The summed E-state index contributed by atoms with van der Waals surface area (Å²) in [5, 5.41) is 9.86. The summed E-state index contributed by atoms with van der Waals surface area (Å²) >= 11 is 0. The van der Waals surface area contributed by atoms with Gasteiger partial charge in [0.25, 0.3) is 0 Å². The van der Waals surface area contributed by atoms with Gasteiger partial charge in [0.15, 0.2) is 5.96 Å². The number of hydrogen-bond acceptors (Lipinski definition) is 3. The third-order valence-electron chi connectivity index (χ3n) is 5.68. The van der Waals surface area contributed by atoms with Crippen LogP contribution in [0.5, 0.6) is 0 Å². The number of aliphatic imine (C=N–C) groups is 1. The largest absolute Gasteiger partial charge is 0.373 e. The molecule has 0 aromatic heterocycles. The Labute approximate surface area is 160 Å². The second-order valence-electron chi connectivity index (χ2n) is 7.61. The second kappa shape index (κ2) is 8.17. The molecular weight excluding hydrogens is 342 g/mol. The third-order valence-corrected chi connectivity index (χ3v) is 5.68. The van der Waals surface area contributed by atoms with Crippen LogP contribution in [0.25, 0.3) is 0 Å². The van der Waals surface area contributed by atoms with Gasteiger partial charge in [0.2, 0.25) is 0 Å². The first-order valence-electron chi connectivity index (χ1n) is 9.99. The summed E-state index contributed by atoms with van der Waals surface area (Å²) in [5.41, 5.74) is 1.93. The Hall–Kier alpha value is -2.28. The first-order chi connectivity index (χ1) is 13.2. The van der Waals surface area contributed by atoms with Crippen molar-refractivity contribution >= 4 is 17.7 Å². The molecule has 3 unspecified atom stereocenters. The quantitative estimate of drug-likeness (QED) is 0.561. The van der Waals surface area contributed by atoms with E-state index in [1.165, 1.54) is 6.42 Å². The fourth-order valence-corrected chi connectivity index (χ4v) is 4.23. The number of rotatable bonds is 4. The molecule has 3 aliphatic rings. The molecule has 2 amide bonds. The number of fused-ring (bicyclic) bond motifs is 2. The minimum atomic E-state index is -0.00799. The first-order valence-corrected chi connectivity index (χ1v) is 9.99. The molecule has 27 heavy (non-hydrogen) atoms. The highest BCUT2D eigenvalue weighted by Crippen LogP contribution is 2.34. The zero-order valence-corrected chi connectivity index (χ0v) is 15.9. The third kappa shape index (κ3) is 4.35. The van der Waals surface area contributed by atoms with Crippen LogP contribution < -0.4 is 16.0 Å². The smallest absolute Gasteiger partial charge is 0.321 e. The van der Waals surface area contributed by atoms with E-state index in [1.807, 2.05) is 29.2 Å². The van der Waals surface area contributed by atoms with Crippen molar-refractivity contribution in [1.82, 2.24) is 15.5 Å². The molecule has 0 spiro atoms. The molecule has 1 aromatic carbocycles. The molecule has 146 valence electrons. The Balaban J connectivity index is 1.29. The Morgan fingerprint density at radius 2 is 2.15 bits per heavy atom. The highest BCUT2D eigenvalue weighted by molar-refractivity contribution is 5.89. The van der Waals surface area contributed by atoms with Gasteiger partial charge in [-0.2, -0.15) is 0 Å².